The average molecular weight is 536 g/mol. The highest BCUT2D eigenvalue weighted by atomic mass is 35.5. The molecular formula is C26H34ClN3O5S. The van der Waals surface area contributed by atoms with Gasteiger partial charge in [-0.2, -0.15) is 0 Å². The Morgan fingerprint density at radius 2 is 1.72 bits per heavy atom. The van der Waals surface area contributed by atoms with Crippen LogP contribution in [0.3, 0.4) is 0 Å². The lowest BCUT2D eigenvalue weighted by Crippen LogP contribution is -2.52. The van der Waals surface area contributed by atoms with Crippen LogP contribution in [0.2, 0.25) is 5.02 Å². The Kier molecular flexibility index (Phi) is 10.9. The molecule has 2 aromatic rings. The first-order valence-electron chi connectivity index (χ1n) is 11.9. The third kappa shape index (κ3) is 8.34. The summed E-state index contributed by atoms with van der Waals surface area (Å²) in [6.07, 6.45) is 3.06. The van der Waals surface area contributed by atoms with Crippen LogP contribution in [0.4, 0.5) is 5.69 Å². The number of sulfonamides is 1. The van der Waals surface area contributed by atoms with Crippen molar-refractivity contribution in [3.05, 3.63) is 64.7 Å². The highest BCUT2D eigenvalue weighted by Crippen LogP contribution is 2.22. The van der Waals surface area contributed by atoms with Crippen molar-refractivity contribution < 1.29 is 22.8 Å². The van der Waals surface area contributed by atoms with Crippen LogP contribution in [-0.4, -0.2) is 56.3 Å². The molecule has 0 spiro atoms. The molecule has 0 radical (unpaired) electrons. The second-order valence-electron chi connectivity index (χ2n) is 8.59. The Morgan fingerprint density at radius 3 is 2.28 bits per heavy atom. The molecule has 1 atom stereocenters. The quantitative estimate of drug-likeness (QED) is 0.308. The van der Waals surface area contributed by atoms with Gasteiger partial charge in [0.05, 0.1) is 11.9 Å². The zero-order chi connectivity index (χ0) is 26.9. The summed E-state index contributed by atoms with van der Waals surface area (Å²) >= 11 is 6.00. The summed E-state index contributed by atoms with van der Waals surface area (Å²) < 4.78 is 26.3. The minimum Gasteiger partial charge on any atom is -0.354 e. The van der Waals surface area contributed by atoms with Gasteiger partial charge in [0, 0.05) is 23.7 Å². The SMILES string of the molecule is CCCCNC(=O)[C@@H](CC)N(Cc1ccc(Cl)cc1)C(=O)CN(c1cccc(C(C)=O)c1)S(C)(=O)=O. The van der Waals surface area contributed by atoms with Gasteiger partial charge in [0.25, 0.3) is 0 Å². The Morgan fingerprint density at radius 1 is 1.06 bits per heavy atom. The van der Waals surface area contributed by atoms with Crippen LogP contribution in [0, 0.1) is 0 Å². The highest BCUT2D eigenvalue weighted by Gasteiger charge is 2.31. The molecule has 0 fully saturated rings. The monoisotopic (exact) mass is 535 g/mol. The minimum absolute atomic E-state index is 0.0980. The van der Waals surface area contributed by atoms with Crippen molar-refractivity contribution in [2.45, 2.75) is 52.6 Å². The standard InChI is InChI=1S/C26H34ClN3O5S/c1-5-7-15-28-26(33)24(6-2)29(17-20-11-13-22(27)14-12-20)25(32)18-30(36(4,34)35)23-10-8-9-21(16-23)19(3)31/h8-14,16,24H,5-7,15,17-18H2,1-4H3,(H,28,33)/t24-/m1/s1. The van der Waals surface area contributed by atoms with Crippen molar-refractivity contribution in [1.82, 2.24) is 10.2 Å². The van der Waals surface area contributed by atoms with E-state index in [9.17, 15) is 22.8 Å². The number of unbranched alkanes of at least 4 members (excludes halogenated alkanes) is 1. The maximum absolute atomic E-state index is 13.6. The normalized spacial score (nSPS) is 12.0. The zero-order valence-electron chi connectivity index (χ0n) is 21.2. The van der Waals surface area contributed by atoms with Crippen molar-refractivity contribution in [2.75, 3.05) is 23.7 Å². The maximum Gasteiger partial charge on any atom is 0.244 e. The number of ketones is 1. The Labute approximate surface area is 218 Å². The number of nitrogens with one attached hydrogen (secondary N) is 1. The molecule has 196 valence electrons. The fourth-order valence-electron chi connectivity index (χ4n) is 3.71. The van der Waals surface area contributed by atoms with Crippen LogP contribution >= 0.6 is 11.6 Å². The fourth-order valence-corrected chi connectivity index (χ4v) is 4.67. The van der Waals surface area contributed by atoms with Crippen LogP contribution < -0.4 is 9.62 Å². The number of hydrogen-bond donors (Lipinski definition) is 1. The Balaban J connectivity index is 2.43. The van der Waals surface area contributed by atoms with Crippen molar-refractivity contribution in [1.29, 1.82) is 0 Å². The number of rotatable bonds is 13. The summed E-state index contributed by atoms with van der Waals surface area (Å²) in [5.41, 5.74) is 1.27. The topological polar surface area (TPSA) is 104 Å². The molecule has 0 aliphatic heterocycles. The lowest BCUT2D eigenvalue weighted by molar-refractivity contribution is -0.140. The van der Waals surface area contributed by atoms with E-state index in [0.717, 1.165) is 29.0 Å². The number of anilines is 1. The maximum atomic E-state index is 13.6. The van der Waals surface area contributed by atoms with E-state index in [2.05, 4.69) is 5.32 Å². The van der Waals surface area contributed by atoms with Gasteiger partial charge in [-0.25, -0.2) is 8.42 Å². The van der Waals surface area contributed by atoms with Gasteiger partial charge in [0.15, 0.2) is 5.78 Å². The largest absolute Gasteiger partial charge is 0.354 e. The van der Waals surface area contributed by atoms with E-state index in [1.807, 2.05) is 6.92 Å². The number of benzene rings is 2. The predicted octanol–water partition coefficient (Wildman–Crippen LogP) is 4.03. The molecule has 1 N–H and O–H groups in total. The van der Waals surface area contributed by atoms with Crippen LogP contribution in [0.5, 0.6) is 0 Å². The molecule has 0 aromatic heterocycles. The summed E-state index contributed by atoms with van der Waals surface area (Å²) in [5.74, 6) is -1.06. The van der Waals surface area contributed by atoms with E-state index in [1.165, 1.54) is 24.0 Å². The van der Waals surface area contributed by atoms with Crippen molar-refractivity contribution in [3.8, 4) is 0 Å². The number of amides is 2. The van der Waals surface area contributed by atoms with Crippen molar-refractivity contribution in [2.24, 2.45) is 0 Å². The third-order valence-corrected chi connectivity index (χ3v) is 7.09. The van der Waals surface area contributed by atoms with E-state index in [1.54, 1.807) is 43.3 Å². The van der Waals surface area contributed by atoms with Crippen LogP contribution in [0.1, 0.15) is 56.0 Å². The highest BCUT2D eigenvalue weighted by molar-refractivity contribution is 7.92. The van der Waals surface area contributed by atoms with Crippen molar-refractivity contribution >= 4 is 44.9 Å². The summed E-state index contributed by atoms with van der Waals surface area (Å²) in [6.45, 7) is 5.26. The molecule has 10 heteroatoms. The molecule has 8 nitrogen and oxygen atoms in total. The lowest BCUT2D eigenvalue weighted by Gasteiger charge is -2.33. The second-order valence-corrected chi connectivity index (χ2v) is 10.9. The average Bonchev–Trinajstić information content (AvgIpc) is 2.83. The molecular weight excluding hydrogens is 502 g/mol. The number of halogens is 1. The van der Waals surface area contributed by atoms with E-state index >= 15 is 0 Å². The molecule has 2 amide bonds. The Bertz CT molecular complexity index is 1170. The van der Waals surface area contributed by atoms with Gasteiger partial charge in [-0.3, -0.25) is 18.7 Å². The molecule has 36 heavy (non-hydrogen) atoms. The summed E-state index contributed by atoms with van der Waals surface area (Å²) in [4.78, 5) is 39.9. The molecule has 2 rings (SSSR count). The molecule has 0 saturated heterocycles. The van der Waals surface area contributed by atoms with Crippen LogP contribution in [0.15, 0.2) is 48.5 Å². The van der Waals surface area contributed by atoms with Gasteiger partial charge >= 0.3 is 0 Å². The number of Topliss-reactive ketones (excluding diaryl/α,β-unsaturated/α-hetero) is 1. The zero-order valence-corrected chi connectivity index (χ0v) is 22.7. The molecule has 2 aromatic carbocycles. The van der Waals surface area contributed by atoms with E-state index in [0.29, 0.717) is 23.6 Å². The van der Waals surface area contributed by atoms with Crippen LogP contribution in [-0.2, 0) is 26.2 Å². The van der Waals surface area contributed by atoms with Gasteiger partial charge in [-0.05, 0) is 49.6 Å². The third-order valence-electron chi connectivity index (χ3n) is 5.70. The first-order valence-corrected chi connectivity index (χ1v) is 14.1. The molecule has 0 saturated carbocycles. The van der Waals surface area contributed by atoms with E-state index in [4.69, 9.17) is 11.6 Å². The van der Waals surface area contributed by atoms with Gasteiger partial charge in [0.2, 0.25) is 21.8 Å². The first-order chi connectivity index (χ1) is 17.0. The van der Waals surface area contributed by atoms with E-state index < -0.39 is 28.5 Å². The number of hydrogen-bond acceptors (Lipinski definition) is 5. The predicted molar refractivity (Wildman–Crippen MR) is 143 cm³/mol. The van der Waals surface area contributed by atoms with Gasteiger partial charge in [-0.1, -0.05) is 56.1 Å². The summed E-state index contributed by atoms with van der Waals surface area (Å²) in [6, 6.07) is 12.2. The summed E-state index contributed by atoms with van der Waals surface area (Å²) in [7, 11) is -3.88. The van der Waals surface area contributed by atoms with E-state index in [-0.39, 0.29) is 23.9 Å². The van der Waals surface area contributed by atoms with Crippen LogP contribution in [0.25, 0.3) is 0 Å². The Hall–Kier alpha value is -2.91. The minimum atomic E-state index is -3.88. The second kappa shape index (κ2) is 13.4. The lowest BCUT2D eigenvalue weighted by atomic mass is 10.1. The first kappa shape index (κ1) is 29.3. The number of carbonyl (C=O) groups excluding carboxylic acids is 3. The fraction of sp³-hybridized carbons (Fsp3) is 0.423. The number of carbonyl (C=O) groups is 3. The molecule has 0 aliphatic carbocycles. The molecule has 0 aliphatic rings. The summed E-state index contributed by atoms with van der Waals surface area (Å²) in [5, 5.41) is 3.41. The molecule has 0 unspecified atom stereocenters. The van der Waals surface area contributed by atoms with Gasteiger partial charge in [0.1, 0.15) is 12.6 Å². The molecule has 0 heterocycles. The van der Waals surface area contributed by atoms with Gasteiger partial charge in [-0.15, -0.1) is 0 Å². The smallest absolute Gasteiger partial charge is 0.244 e. The molecule has 0 bridgehead atoms. The van der Waals surface area contributed by atoms with Crippen molar-refractivity contribution in [3.63, 3.8) is 0 Å². The van der Waals surface area contributed by atoms with Gasteiger partial charge < -0.3 is 10.2 Å². The number of nitrogens with zero attached hydrogens (tertiary/aromatic N) is 2.